The van der Waals surface area contributed by atoms with Crippen LogP contribution in [-0.2, 0) is 10.2 Å². The number of carbonyl (C=O) groups is 2. The number of ether oxygens (including phenoxy) is 1. The second-order valence-electron chi connectivity index (χ2n) is 11.9. The molecule has 0 aliphatic carbocycles. The van der Waals surface area contributed by atoms with Crippen LogP contribution in [0.4, 0.5) is 0 Å². The lowest BCUT2D eigenvalue weighted by atomic mass is 9.69. The van der Waals surface area contributed by atoms with Crippen molar-refractivity contribution in [1.29, 1.82) is 0 Å². The second kappa shape index (κ2) is 14.6. The van der Waals surface area contributed by atoms with E-state index in [4.69, 9.17) is 9.94 Å². The number of aliphatic hydroxyl groups is 1. The van der Waals surface area contributed by atoms with Gasteiger partial charge in [0.15, 0.2) is 5.78 Å². The molecule has 1 atom stereocenters. The van der Waals surface area contributed by atoms with Crippen LogP contribution in [0, 0.1) is 19.3 Å². The van der Waals surface area contributed by atoms with Crippen LogP contribution >= 0.6 is 0 Å². The van der Waals surface area contributed by atoms with Crippen LogP contribution in [0.5, 0.6) is 5.75 Å². The Morgan fingerprint density at radius 2 is 1.44 bits per heavy atom. The molecule has 0 saturated carbocycles. The van der Waals surface area contributed by atoms with Gasteiger partial charge in [-0.05, 0) is 73.3 Å². The molecule has 0 fully saturated rings. The van der Waals surface area contributed by atoms with Crippen LogP contribution in [0.15, 0.2) is 36.4 Å². The Balaban J connectivity index is 2.15. The molecule has 0 saturated heterocycles. The van der Waals surface area contributed by atoms with E-state index in [2.05, 4.69) is 38.1 Å². The third kappa shape index (κ3) is 8.64. The summed E-state index contributed by atoms with van der Waals surface area (Å²) in [4.78, 5) is 24.0. The number of aryl methyl sites for hydroxylation is 2. The molecule has 0 aromatic heterocycles. The van der Waals surface area contributed by atoms with E-state index in [0.717, 1.165) is 54.5 Å². The van der Waals surface area contributed by atoms with E-state index in [1.165, 1.54) is 11.1 Å². The number of nitrogens with one attached hydrogen (secondary N) is 1. The molecule has 2 rings (SSSR count). The maximum atomic E-state index is 12.9. The predicted octanol–water partition coefficient (Wildman–Crippen LogP) is 7.22. The van der Waals surface area contributed by atoms with E-state index in [9.17, 15) is 14.7 Å². The van der Waals surface area contributed by atoms with Crippen LogP contribution in [0.3, 0.4) is 0 Å². The number of Topliss-reactive ketones (excluding diaryl/α,β-unsaturated/α-hetero) is 1. The van der Waals surface area contributed by atoms with E-state index in [1.54, 1.807) is 5.48 Å². The first-order valence-corrected chi connectivity index (χ1v) is 14.4. The van der Waals surface area contributed by atoms with Crippen molar-refractivity contribution in [2.24, 2.45) is 5.41 Å². The Labute approximate surface area is 235 Å². The topological polar surface area (TPSA) is 95.9 Å². The number of aliphatic hydroxyl groups excluding tert-OH is 1. The van der Waals surface area contributed by atoms with Crippen molar-refractivity contribution in [3.05, 3.63) is 64.2 Å². The van der Waals surface area contributed by atoms with Crippen LogP contribution in [0.25, 0.3) is 0 Å². The molecule has 0 spiro atoms. The second-order valence-corrected chi connectivity index (χ2v) is 11.9. The first-order chi connectivity index (χ1) is 18.4. The Morgan fingerprint density at radius 3 is 1.95 bits per heavy atom. The summed E-state index contributed by atoms with van der Waals surface area (Å²) in [7, 11) is 0. The molecule has 216 valence electrons. The fraction of sp³-hybridized carbons (Fsp3) is 0.576. The Morgan fingerprint density at radius 1 is 0.872 bits per heavy atom. The first-order valence-electron chi connectivity index (χ1n) is 14.4. The van der Waals surface area contributed by atoms with Gasteiger partial charge in [-0.1, -0.05) is 77.8 Å². The van der Waals surface area contributed by atoms with Crippen molar-refractivity contribution in [2.75, 3.05) is 6.61 Å². The number of hydrogen-bond donors (Lipinski definition) is 3. The Bertz CT molecular complexity index is 1100. The minimum Gasteiger partial charge on any atom is -0.491 e. The maximum absolute atomic E-state index is 12.9. The molecule has 6 nitrogen and oxygen atoms in total. The van der Waals surface area contributed by atoms with Gasteiger partial charge in [0.25, 0.3) is 0 Å². The molecule has 0 aliphatic heterocycles. The highest BCUT2D eigenvalue weighted by Crippen LogP contribution is 2.41. The van der Waals surface area contributed by atoms with Crippen molar-refractivity contribution < 1.29 is 24.6 Å². The minimum atomic E-state index is -0.550. The summed E-state index contributed by atoms with van der Waals surface area (Å²) in [6, 6.07) is 12.6. The lowest BCUT2D eigenvalue weighted by Crippen LogP contribution is -2.32. The average Bonchev–Trinajstić information content (AvgIpc) is 2.90. The normalized spacial score (nSPS) is 12.7. The molecule has 0 heterocycles. The summed E-state index contributed by atoms with van der Waals surface area (Å²) in [5, 5.41) is 18.9. The van der Waals surface area contributed by atoms with Crippen molar-refractivity contribution in [3.63, 3.8) is 0 Å². The number of benzene rings is 2. The molecule has 1 amide bonds. The van der Waals surface area contributed by atoms with Gasteiger partial charge in [-0.15, -0.1) is 0 Å². The van der Waals surface area contributed by atoms with Crippen molar-refractivity contribution in [3.8, 4) is 5.75 Å². The molecule has 2 aromatic rings. The summed E-state index contributed by atoms with van der Waals surface area (Å²) in [5.41, 5.74) is 6.48. The van der Waals surface area contributed by atoms with Gasteiger partial charge in [0, 0.05) is 23.8 Å². The van der Waals surface area contributed by atoms with Gasteiger partial charge in [-0.25, -0.2) is 5.48 Å². The number of unbranched alkanes of at least 4 members (excludes halogenated alkanes) is 3. The lowest BCUT2D eigenvalue weighted by molar-refractivity contribution is -0.129. The average molecular weight is 540 g/mol. The quantitative estimate of drug-likeness (QED) is 0.0961. The van der Waals surface area contributed by atoms with E-state index in [0.29, 0.717) is 19.3 Å². The molecule has 0 aliphatic rings. The molecule has 3 N–H and O–H groups in total. The lowest BCUT2D eigenvalue weighted by Gasteiger charge is -2.34. The zero-order valence-electron chi connectivity index (χ0n) is 25.0. The van der Waals surface area contributed by atoms with E-state index in [-0.39, 0.29) is 29.1 Å². The smallest absolute Gasteiger partial charge is 0.243 e. The van der Waals surface area contributed by atoms with Crippen LogP contribution in [0.1, 0.15) is 119 Å². The first kappa shape index (κ1) is 32.5. The van der Waals surface area contributed by atoms with Crippen LogP contribution in [0.2, 0.25) is 0 Å². The van der Waals surface area contributed by atoms with Gasteiger partial charge in [0.1, 0.15) is 12.4 Å². The third-order valence-corrected chi connectivity index (χ3v) is 8.09. The fourth-order valence-electron chi connectivity index (χ4n) is 5.15. The Hall–Kier alpha value is -2.70. The summed E-state index contributed by atoms with van der Waals surface area (Å²) < 4.78 is 5.98. The van der Waals surface area contributed by atoms with Gasteiger partial charge < -0.3 is 9.84 Å². The number of amides is 1. The summed E-state index contributed by atoms with van der Waals surface area (Å²) in [5.74, 6) is 0.574. The van der Waals surface area contributed by atoms with E-state index < -0.39 is 6.10 Å². The highest BCUT2D eigenvalue weighted by molar-refractivity contribution is 5.97. The molecule has 6 heteroatoms. The molecule has 0 radical (unpaired) electrons. The van der Waals surface area contributed by atoms with Gasteiger partial charge >= 0.3 is 0 Å². The van der Waals surface area contributed by atoms with Crippen LogP contribution in [-0.4, -0.2) is 34.7 Å². The number of carbonyl (C=O) groups excluding carboxylic acids is 2. The van der Waals surface area contributed by atoms with E-state index >= 15 is 0 Å². The van der Waals surface area contributed by atoms with E-state index in [1.807, 2.05) is 46.8 Å². The molecular formula is C33H49NO5. The number of rotatable bonds is 15. The monoisotopic (exact) mass is 539 g/mol. The summed E-state index contributed by atoms with van der Waals surface area (Å²) >= 11 is 0. The highest BCUT2D eigenvalue weighted by Gasteiger charge is 2.32. The molecular weight excluding hydrogens is 490 g/mol. The SMILES string of the molecule is CCC(CC)(c1ccc(OCC(O)C(C)(C)C)c(C)c1)c1ccc(C(=O)CCCCCCC(=O)NO)c(C)c1. The zero-order chi connectivity index (χ0) is 29.2. The minimum absolute atomic E-state index is 0.153. The van der Waals surface area contributed by atoms with Crippen molar-refractivity contribution >= 4 is 11.7 Å². The largest absolute Gasteiger partial charge is 0.491 e. The number of hydroxylamine groups is 1. The predicted molar refractivity (Wildman–Crippen MR) is 157 cm³/mol. The third-order valence-electron chi connectivity index (χ3n) is 8.09. The zero-order valence-corrected chi connectivity index (χ0v) is 25.0. The molecule has 39 heavy (non-hydrogen) atoms. The van der Waals surface area contributed by atoms with Crippen molar-refractivity contribution in [1.82, 2.24) is 5.48 Å². The van der Waals surface area contributed by atoms with Crippen molar-refractivity contribution in [2.45, 2.75) is 111 Å². The van der Waals surface area contributed by atoms with Gasteiger partial charge in [0.2, 0.25) is 5.91 Å². The number of hydrogen-bond acceptors (Lipinski definition) is 5. The van der Waals surface area contributed by atoms with Crippen LogP contribution < -0.4 is 10.2 Å². The summed E-state index contributed by atoms with van der Waals surface area (Å²) in [6.07, 6.45) is 5.32. The fourth-order valence-corrected chi connectivity index (χ4v) is 5.15. The molecule has 2 aromatic carbocycles. The maximum Gasteiger partial charge on any atom is 0.243 e. The molecule has 0 bridgehead atoms. The van der Waals surface area contributed by atoms with Gasteiger partial charge in [-0.3, -0.25) is 14.8 Å². The molecule has 1 unspecified atom stereocenters. The Kier molecular flexibility index (Phi) is 12.2. The van der Waals surface area contributed by atoms with Gasteiger partial charge in [-0.2, -0.15) is 0 Å². The summed E-state index contributed by atoms with van der Waals surface area (Å²) in [6.45, 7) is 14.7. The highest BCUT2D eigenvalue weighted by atomic mass is 16.5. The number of ketones is 1. The standard InChI is InChI=1S/C33H49NO5/c1-8-33(9-2,26-17-19-29(24(4)21-26)39-22-30(36)32(5,6)7)25-16-18-27(23(3)20-25)28(35)14-12-10-11-13-15-31(37)34-38/h16-21,30,36,38H,8-15,22H2,1-7H3,(H,34,37). The van der Waals surface area contributed by atoms with Gasteiger partial charge in [0.05, 0.1) is 6.10 Å².